The minimum atomic E-state index is -4.67. The van der Waals surface area contributed by atoms with E-state index in [1.165, 1.54) is 12.1 Å². The largest absolute Gasteiger partial charge is 0.436 e. The molecule has 0 bridgehead atoms. The molecule has 3 rings (SSSR count). The van der Waals surface area contributed by atoms with Gasteiger partial charge < -0.3 is 9.84 Å². The minimum Gasteiger partial charge on any atom is -0.350 e. The highest BCUT2D eigenvalue weighted by molar-refractivity contribution is 6.02. The van der Waals surface area contributed by atoms with E-state index in [0.29, 0.717) is 23.1 Å². The van der Waals surface area contributed by atoms with Crippen molar-refractivity contribution in [2.24, 2.45) is 0 Å². The fourth-order valence-electron chi connectivity index (χ4n) is 1.70. The molecular formula is C12H7F3N6O2. The first-order valence-corrected chi connectivity index (χ1v) is 6.12. The zero-order valence-corrected chi connectivity index (χ0v) is 11.1. The van der Waals surface area contributed by atoms with Crippen molar-refractivity contribution in [2.75, 3.05) is 5.32 Å². The summed E-state index contributed by atoms with van der Waals surface area (Å²) in [6.45, 7) is 0. The first-order valence-electron chi connectivity index (χ1n) is 6.12. The van der Waals surface area contributed by atoms with Crippen LogP contribution >= 0.6 is 0 Å². The molecule has 0 saturated heterocycles. The highest BCUT2D eigenvalue weighted by atomic mass is 19.4. The van der Waals surface area contributed by atoms with E-state index in [4.69, 9.17) is 0 Å². The van der Waals surface area contributed by atoms with E-state index in [2.05, 4.69) is 35.6 Å². The van der Waals surface area contributed by atoms with Crippen LogP contribution in [0, 0.1) is 0 Å². The Labute approximate surface area is 125 Å². The van der Waals surface area contributed by atoms with Crippen molar-refractivity contribution in [3.05, 3.63) is 41.8 Å². The molecule has 1 aromatic carbocycles. The molecule has 0 aliphatic carbocycles. The van der Waals surface area contributed by atoms with Gasteiger partial charge >= 0.3 is 6.18 Å². The lowest BCUT2D eigenvalue weighted by Gasteiger charge is -2.03. The molecule has 0 saturated carbocycles. The molecule has 8 nitrogen and oxygen atoms in total. The molecule has 0 aliphatic rings. The van der Waals surface area contributed by atoms with Crippen LogP contribution in [0.25, 0.3) is 11.4 Å². The Morgan fingerprint density at radius 3 is 2.52 bits per heavy atom. The van der Waals surface area contributed by atoms with Crippen LogP contribution in [0.1, 0.15) is 16.2 Å². The first-order chi connectivity index (χ1) is 10.9. The van der Waals surface area contributed by atoms with Gasteiger partial charge in [-0.25, -0.2) is 0 Å². The number of aromatic amines is 1. The molecule has 0 fully saturated rings. The van der Waals surface area contributed by atoms with Crippen molar-refractivity contribution in [3.63, 3.8) is 0 Å². The second-order valence-electron chi connectivity index (χ2n) is 4.34. The third kappa shape index (κ3) is 3.17. The molecule has 1 amide bonds. The molecule has 11 heteroatoms. The Hall–Kier alpha value is -3.24. The van der Waals surface area contributed by atoms with Crippen LogP contribution in [0.3, 0.4) is 0 Å². The summed E-state index contributed by atoms with van der Waals surface area (Å²) in [5.41, 5.74) is -0.266. The van der Waals surface area contributed by atoms with E-state index in [1.54, 1.807) is 12.1 Å². The third-order valence-electron chi connectivity index (χ3n) is 2.77. The molecule has 0 spiro atoms. The number of hydrogen-bond acceptors (Lipinski definition) is 6. The predicted octanol–water partition coefficient (Wildman–Crippen LogP) is 2.13. The third-order valence-corrected chi connectivity index (χ3v) is 2.77. The molecule has 2 heterocycles. The van der Waals surface area contributed by atoms with Crippen LogP contribution in [0.4, 0.5) is 18.9 Å². The molecule has 0 unspecified atom stereocenters. The summed E-state index contributed by atoms with van der Waals surface area (Å²) in [4.78, 5) is 11.8. The number of carbonyl (C=O) groups excluding carboxylic acids is 1. The van der Waals surface area contributed by atoms with E-state index in [-0.39, 0.29) is 0 Å². The maximum absolute atomic E-state index is 12.4. The minimum absolute atomic E-state index is 0.354. The Balaban J connectivity index is 1.72. The Bertz CT molecular complexity index is 810. The highest BCUT2D eigenvalue weighted by Gasteiger charge is 2.35. The molecular weight excluding hydrogens is 317 g/mol. The lowest BCUT2D eigenvalue weighted by molar-refractivity contribution is -0.142. The van der Waals surface area contributed by atoms with Crippen molar-refractivity contribution in [3.8, 4) is 11.4 Å². The fraction of sp³-hybridized carbons (Fsp3) is 0.0833. The van der Waals surface area contributed by atoms with Gasteiger partial charge in [-0.2, -0.15) is 18.4 Å². The number of hydrogen-bond donors (Lipinski definition) is 2. The second-order valence-corrected chi connectivity index (χ2v) is 4.34. The Morgan fingerprint density at radius 1 is 1.22 bits per heavy atom. The van der Waals surface area contributed by atoms with Crippen molar-refractivity contribution < 1.29 is 22.5 Å². The van der Waals surface area contributed by atoms with Crippen molar-refractivity contribution in [1.82, 2.24) is 25.8 Å². The lowest BCUT2D eigenvalue weighted by Crippen LogP contribution is -2.11. The van der Waals surface area contributed by atoms with Crippen LogP contribution in [0.5, 0.6) is 0 Å². The summed E-state index contributed by atoms with van der Waals surface area (Å²) in [5.74, 6) is -1.02. The van der Waals surface area contributed by atoms with Crippen LogP contribution in [0.2, 0.25) is 0 Å². The number of nitrogens with one attached hydrogen (secondary N) is 2. The van der Waals surface area contributed by atoms with E-state index in [1.807, 2.05) is 0 Å². The predicted molar refractivity (Wildman–Crippen MR) is 69.1 cm³/mol. The smallest absolute Gasteiger partial charge is 0.350 e. The maximum atomic E-state index is 12.4. The zero-order valence-electron chi connectivity index (χ0n) is 11.1. The van der Waals surface area contributed by atoms with Crippen molar-refractivity contribution >= 4 is 11.6 Å². The van der Waals surface area contributed by atoms with Crippen molar-refractivity contribution in [2.45, 2.75) is 6.18 Å². The van der Waals surface area contributed by atoms with Crippen LogP contribution in [-0.2, 0) is 6.18 Å². The summed E-state index contributed by atoms with van der Waals surface area (Å²) in [6, 6.07) is 6.82. The molecule has 23 heavy (non-hydrogen) atoms. The summed E-state index contributed by atoms with van der Waals surface area (Å²) in [5, 5.41) is 18.5. The van der Waals surface area contributed by atoms with Gasteiger partial charge in [0.1, 0.15) is 0 Å². The molecule has 0 aliphatic heterocycles. The van der Waals surface area contributed by atoms with Gasteiger partial charge in [-0.05, 0) is 29.5 Å². The topological polar surface area (TPSA) is 110 Å². The van der Waals surface area contributed by atoms with Crippen LogP contribution in [-0.4, -0.2) is 31.7 Å². The van der Waals surface area contributed by atoms with Gasteiger partial charge in [0.05, 0.1) is 0 Å². The number of rotatable bonds is 3. The number of alkyl halides is 3. The molecule has 0 radical (unpaired) electrons. The monoisotopic (exact) mass is 324 g/mol. The van der Waals surface area contributed by atoms with Gasteiger partial charge in [0.2, 0.25) is 11.6 Å². The summed E-state index contributed by atoms with van der Waals surface area (Å²) in [6.07, 6.45) is -4.67. The van der Waals surface area contributed by atoms with Gasteiger partial charge in [0.15, 0.2) is 5.69 Å². The number of carbonyl (C=O) groups is 1. The number of H-pyrrole nitrogens is 1. The maximum Gasteiger partial charge on any atom is 0.436 e. The van der Waals surface area contributed by atoms with E-state index in [0.717, 1.165) is 0 Å². The molecule has 0 atom stereocenters. The summed E-state index contributed by atoms with van der Waals surface area (Å²) < 4.78 is 41.6. The summed E-state index contributed by atoms with van der Waals surface area (Å²) >= 11 is 0. The SMILES string of the molecule is O=C(Nc1ccc(-c2nn[nH]n2)cc1)c1cc(C(F)(F)F)no1. The quantitative estimate of drug-likeness (QED) is 0.764. The number of anilines is 1. The normalized spacial score (nSPS) is 11.4. The van der Waals surface area contributed by atoms with Gasteiger partial charge in [-0.15, -0.1) is 10.2 Å². The van der Waals surface area contributed by atoms with E-state index in [9.17, 15) is 18.0 Å². The number of amides is 1. The van der Waals surface area contributed by atoms with E-state index >= 15 is 0 Å². The Kier molecular flexibility index (Phi) is 3.52. The van der Waals surface area contributed by atoms with Gasteiger partial charge in [-0.1, -0.05) is 5.16 Å². The molecule has 118 valence electrons. The number of nitrogens with zero attached hydrogens (tertiary/aromatic N) is 4. The van der Waals surface area contributed by atoms with Gasteiger partial charge in [-0.3, -0.25) is 4.79 Å². The average Bonchev–Trinajstić information content (AvgIpc) is 3.19. The molecule has 2 aromatic heterocycles. The number of benzene rings is 1. The summed E-state index contributed by atoms with van der Waals surface area (Å²) in [7, 11) is 0. The lowest BCUT2D eigenvalue weighted by atomic mass is 10.2. The van der Waals surface area contributed by atoms with Crippen LogP contribution in [0.15, 0.2) is 34.9 Å². The zero-order chi connectivity index (χ0) is 16.4. The average molecular weight is 324 g/mol. The van der Waals surface area contributed by atoms with E-state index < -0.39 is 23.5 Å². The standard InChI is InChI=1S/C12H7F3N6O2/c13-12(14,15)9-5-8(23-19-9)11(22)16-7-3-1-6(2-4-7)10-17-20-21-18-10/h1-5H,(H,16,22)(H,17,18,20,21). The highest BCUT2D eigenvalue weighted by Crippen LogP contribution is 2.28. The number of tetrazole rings is 1. The molecule has 2 N–H and O–H groups in total. The first kappa shape index (κ1) is 14.7. The van der Waals surface area contributed by atoms with Crippen molar-refractivity contribution in [1.29, 1.82) is 0 Å². The second kappa shape index (κ2) is 5.51. The Morgan fingerprint density at radius 2 is 1.96 bits per heavy atom. The molecule has 3 aromatic rings. The number of halogens is 3. The van der Waals surface area contributed by atoms with Gasteiger partial charge in [0.25, 0.3) is 5.91 Å². The van der Waals surface area contributed by atoms with Gasteiger partial charge in [0, 0.05) is 17.3 Å². The number of aromatic nitrogens is 5. The van der Waals surface area contributed by atoms with Crippen LogP contribution < -0.4 is 5.32 Å². The fourth-order valence-corrected chi connectivity index (χ4v) is 1.70.